The summed E-state index contributed by atoms with van der Waals surface area (Å²) < 4.78 is 41.5. The van der Waals surface area contributed by atoms with Gasteiger partial charge in [0.2, 0.25) is 0 Å². The van der Waals surface area contributed by atoms with Crippen LogP contribution in [0.5, 0.6) is 0 Å². The number of benzene rings is 1. The molecule has 0 spiro atoms. The molecule has 25 heavy (non-hydrogen) atoms. The van der Waals surface area contributed by atoms with Gasteiger partial charge in [0.05, 0.1) is 27.1 Å². The van der Waals surface area contributed by atoms with E-state index in [2.05, 4.69) is 0 Å². The number of hydrogen-bond acceptors (Lipinski definition) is 5. The number of esters is 1. The molecule has 2 atom stereocenters. The topological polar surface area (TPSA) is 80.8 Å². The molecule has 2 rings (SSSR count). The number of amides is 1. The molecular formula is C15H16Cl2FNO5S. The maximum absolute atomic E-state index is 13.5. The van der Waals surface area contributed by atoms with Crippen LogP contribution in [0.1, 0.15) is 23.7 Å². The van der Waals surface area contributed by atoms with Gasteiger partial charge in [-0.05, 0) is 25.5 Å². The SMILES string of the molecule is C[C@H](OC(=O)c1cc(F)c(Cl)cc1Cl)C(=O)N(C)[C@@H]1CCS(=O)(=O)C1. The second kappa shape index (κ2) is 7.47. The summed E-state index contributed by atoms with van der Waals surface area (Å²) in [6, 6.07) is 1.43. The number of likely N-dealkylation sites (N-methyl/N-ethyl adjacent to an activating group) is 1. The average molecular weight is 412 g/mol. The molecule has 138 valence electrons. The second-order valence-electron chi connectivity index (χ2n) is 5.80. The van der Waals surface area contributed by atoms with Crippen LogP contribution in [-0.2, 0) is 19.4 Å². The highest BCUT2D eigenvalue weighted by molar-refractivity contribution is 7.91. The molecule has 0 radical (unpaired) electrons. The van der Waals surface area contributed by atoms with E-state index in [-0.39, 0.29) is 27.1 Å². The van der Waals surface area contributed by atoms with Crippen LogP contribution < -0.4 is 0 Å². The highest BCUT2D eigenvalue weighted by atomic mass is 35.5. The van der Waals surface area contributed by atoms with Crippen LogP contribution in [0, 0.1) is 5.82 Å². The largest absolute Gasteiger partial charge is 0.449 e. The molecule has 0 unspecified atom stereocenters. The number of rotatable bonds is 4. The molecule has 6 nitrogen and oxygen atoms in total. The maximum atomic E-state index is 13.5. The monoisotopic (exact) mass is 411 g/mol. The standard InChI is InChI=1S/C15H16Cl2FNO5S/c1-8(14(20)19(2)9-3-4-25(22,23)7-9)24-15(21)10-5-13(18)12(17)6-11(10)16/h5-6,8-9H,3-4,7H2,1-2H3/t8-,9+/m0/s1. The van der Waals surface area contributed by atoms with Gasteiger partial charge in [-0.1, -0.05) is 23.2 Å². The number of hydrogen-bond donors (Lipinski definition) is 0. The fraction of sp³-hybridized carbons (Fsp3) is 0.467. The molecule has 0 aliphatic carbocycles. The smallest absolute Gasteiger partial charge is 0.340 e. The molecule has 1 fully saturated rings. The van der Waals surface area contributed by atoms with Gasteiger partial charge < -0.3 is 9.64 Å². The van der Waals surface area contributed by atoms with Crippen molar-refractivity contribution < 1.29 is 27.1 Å². The maximum Gasteiger partial charge on any atom is 0.340 e. The molecule has 1 aliphatic heterocycles. The van der Waals surface area contributed by atoms with Crippen molar-refractivity contribution in [1.29, 1.82) is 0 Å². The predicted molar refractivity (Wildman–Crippen MR) is 91.1 cm³/mol. The Balaban J connectivity index is 2.06. The first-order valence-corrected chi connectivity index (χ1v) is 9.92. The summed E-state index contributed by atoms with van der Waals surface area (Å²) in [4.78, 5) is 25.7. The zero-order valence-corrected chi connectivity index (χ0v) is 15.8. The Morgan fingerprint density at radius 1 is 1.32 bits per heavy atom. The fourth-order valence-corrected chi connectivity index (χ4v) is 4.74. The normalized spacial score (nSPS) is 20.1. The quantitative estimate of drug-likeness (QED) is 0.560. The van der Waals surface area contributed by atoms with Crippen LogP contribution in [0.4, 0.5) is 4.39 Å². The summed E-state index contributed by atoms with van der Waals surface area (Å²) in [6.45, 7) is 1.35. The van der Waals surface area contributed by atoms with E-state index in [1.165, 1.54) is 18.9 Å². The molecular weight excluding hydrogens is 396 g/mol. The lowest BCUT2D eigenvalue weighted by atomic mass is 10.2. The first-order chi connectivity index (χ1) is 11.5. The number of carbonyl (C=O) groups excluding carboxylic acids is 2. The fourth-order valence-electron chi connectivity index (χ4n) is 2.50. The number of halogens is 3. The van der Waals surface area contributed by atoms with Gasteiger partial charge in [-0.25, -0.2) is 17.6 Å². The van der Waals surface area contributed by atoms with E-state index in [1.54, 1.807) is 0 Å². The molecule has 0 bridgehead atoms. The Bertz CT molecular complexity index is 814. The molecule has 1 heterocycles. The van der Waals surface area contributed by atoms with Gasteiger partial charge in [0.15, 0.2) is 15.9 Å². The summed E-state index contributed by atoms with van der Waals surface area (Å²) in [6.07, 6.45) is -0.852. The van der Waals surface area contributed by atoms with Gasteiger partial charge in [0.1, 0.15) is 5.82 Å². The van der Waals surface area contributed by atoms with Gasteiger partial charge in [-0.3, -0.25) is 4.79 Å². The molecule has 0 N–H and O–H groups in total. The third kappa shape index (κ3) is 4.62. The Morgan fingerprint density at radius 3 is 2.52 bits per heavy atom. The second-order valence-corrected chi connectivity index (χ2v) is 8.84. The highest BCUT2D eigenvalue weighted by Gasteiger charge is 2.35. The van der Waals surface area contributed by atoms with Crippen LogP contribution in [0.2, 0.25) is 10.0 Å². The third-order valence-electron chi connectivity index (χ3n) is 3.97. The molecule has 1 aliphatic rings. The van der Waals surface area contributed by atoms with Gasteiger partial charge in [-0.15, -0.1) is 0 Å². The number of carbonyl (C=O) groups is 2. The third-order valence-corrected chi connectivity index (χ3v) is 6.32. The number of ether oxygens (including phenoxy) is 1. The van der Waals surface area contributed by atoms with E-state index in [9.17, 15) is 22.4 Å². The minimum atomic E-state index is -3.15. The Morgan fingerprint density at radius 2 is 1.96 bits per heavy atom. The van der Waals surface area contributed by atoms with Crippen LogP contribution in [0.15, 0.2) is 12.1 Å². The van der Waals surface area contributed by atoms with E-state index >= 15 is 0 Å². The molecule has 0 saturated carbocycles. The van der Waals surface area contributed by atoms with E-state index in [0.29, 0.717) is 6.42 Å². The Hall–Kier alpha value is -1.38. The van der Waals surface area contributed by atoms with E-state index in [1.807, 2.05) is 0 Å². The predicted octanol–water partition coefficient (Wildman–Crippen LogP) is 2.32. The molecule has 1 saturated heterocycles. The average Bonchev–Trinajstić information content (AvgIpc) is 2.89. The molecule has 1 aromatic rings. The van der Waals surface area contributed by atoms with Crippen molar-refractivity contribution in [1.82, 2.24) is 4.90 Å². The zero-order chi connectivity index (χ0) is 18.9. The van der Waals surface area contributed by atoms with Gasteiger partial charge in [0.25, 0.3) is 5.91 Å². The van der Waals surface area contributed by atoms with Crippen molar-refractivity contribution in [2.75, 3.05) is 18.6 Å². The van der Waals surface area contributed by atoms with Crippen LogP contribution in [0.25, 0.3) is 0 Å². The van der Waals surface area contributed by atoms with Crippen molar-refractivity contribution in [2.45, 2.75) is 25.5 Å². The Kier molecular flexibility index (Phi) is 5.96. The van der Waals surface area contributed by atoms with Crippen LogP contribution in [0.3, 0.4) is 0 Å². The van der Waals surface area contributed by atoms with Gasteiger partial charge in [-0.2, -0.15) is 0 Å². The summed E-state index contributed by atoms with van der Waals surface area (Å²) >= 11 is 11.4. The van der Waals surface area contributed by atoms with E-state index < -0.39 is 39.7 Å². The summed E-state index contributed by atoms with van der Waals surface area (Å²) in [5, 5.41) is -0.348. The van der Waals surface area contributed by atoms with Crippen LogP contribution in [-0.4, -0.2) is 55.9 Å². The summed E-state index contributed by atoms with van der Waals surface area (Å²) in [5.41, 5.74) is -0.255. The van der Waals surface area contributed by atoms with Gasteiger partial charge >= 0.3 is 5.97 Å². The number of sulfone groups is 1. The van der Waals surface area contributed by atoms with Crippen molar-refractivity contribution in [3.8, 4) is 0 Å². The molecule has 1 aromatic carbocycles. The lowest BCUT2D eigenvalue weighted by Crippen LogP contribution is -2.44. The lowest BCUT2D eigenvalue weighted by molar-refractivity contribution is -0.140. The Labute approximate surface area is 154 Å². The lowest BCUT2D eigenvalue weighted by Gasteiger charge is -2.26. The first-order valence-electron chi connectivity index (χ1n) is 7.34. The number of nitrogens with zero attached hydrogens (tertiary/aromatic N) is 1. The minimum absolute atomic E-state index is 0.0170. The molecule has 0 aromatic heterocycles. The summed E-state index contributed by atoms with van der Waals surface area (Å²) in [7, 11) is -1.70. The molecule has 1 amide bonds. The van der Waals surface area contributed by atoms with E-state index in [0.717, 1.165) is 12.1 Å². The van der Waals surface area contributed by atoms with Gasteiger partial charge in [0, 0.05) is 13.1 Å². The van der Waals surface area contributed by atoms with E-state index in [4.69, 9.17) is 27.9 Å². The highest BCUT2D eigenvalue weighted by Crippen LogP contribution is 2.25. The van der Waals surface area contributed by atoms with Crippen molar-refractivity contribution >= 4 is 44.9 Å². The van der Waals surface area contributed by atoms with Crippen molar-refractivity contribution in [3.05, 3.63) is 33.6 Å². The first kappa shape index (κ1) is 19.9. The zero-order valence-electron chi connectivity index (χ0n) is 13.5. The van der Waals surface area contributed by atoms with Crippen LogP contribution >= 0.6 is 23.2 Å². The molecule has 10 heteroatoms. The van der Waals surface area contributed by atoms with Crippen molar-refractivity contribution in [2.24, 2.45) is 0 Å². The van der Waals surface area contributed by atoms with Crippen molar-refractivity contribution in [3.63, 3.8) is 0 Å². The minimum Gasteiger partial charge on any atom is -0.449 e. The summed E-state index contributed by atoms with van der Waals surface area (Å²) in [5.74, 6) is -2.48.